The van der Waals surface area contributed by atoms with E-state index in [4.69, 9.17) is 19.9 Å². The molecule has 0 fully saturated rings. The third-order valence-corrected chi connectivity index (χ3v) is 3.52. The third kappa shape index (κ3) is 22.0. The van der Waals surface area contributed by atoms with Gasteiger partial charge in [0.15, 0.2) is 12.6 Å². The van der Waals surface area contributed by atoms with E-state index in [0.717, 1.165) is 0 Å². The van der Waals surface area contributed by atoms with Crippen molar-refractivity contribution in [1.82, 2.24) is 0 Å². The van der Waals surface area contributed by atoms with Gasteiger partial charge in [0, 0.05) is 0 Å². The fraction of sp³-hybridized carbons (Fsp3) is 0.385. The molecule has 0 aromatic heterocycles. The second-order valence-corrected chi connectivity index (χ2v) is 6.38. The van der Waals surface area contributed by atoms with Crippen LogP contribution in [-0.4, -0.2) is 51.0 Å². The standard InChI is InChI=1S/C10H18N2O5.2C7H8.C2H6/c1-2-3-15-6-8(17-10(14)5-12)7-16-9(13)4-11;2*1-7-5-3-2-4-6-7;1-2/h2,8H,1,3-7,11-12H2;2*2-6H,1H3;1-2H3/p+1. The molecule has 0 aliphatic rings. The zero-order valence-corrected chi connectivity index (χ0v) is 20.5. The van der Waals surface area contributed by atoms with Crippen molar-refractivity contribution in [2.45, 2.75) is 33.8 Å². The van der Waals surface area contributed by atoms with Crippen molar-refractivity contribution in [3.63, 3.8) is 0 Å². The molecule has 0 aliphatic heterocycles. The molecule has 1 atom stereocenters. The summed E-state index contributed by atoms with van der Waals surface area (Å²) in [6, 6.07) is 20.5. The lowest BCUT2D eigenvalue weighted by atomic mass is 10.2. The highest BCUT2D eigenvalue weighted by molar-refractivity contribution is 5.72. The van der Waals surface area contributed by atoms with Crippen LogP contribution in [0.25, 0.3) is 0 Å². The maximum Gasteiger partial charge on any atom is 0.361 e. The predicted molar refractivity (Wildman–Crippen MR) is 132 cm³/mol. The van der Waals surface area contributed by atoms with Gasteiger partial charge in [-0.25, -0.2) is 4.79 Å². The van der Waals surface area contributed by atoms with Crippen molar-refractivity contribution in [3.05, 3.63) is 84.4 Å². The minimum atomic E-state index is -0.665. The second-order valence-electron chi connectivity index (χ2n) is 6.38. The van der Waals surface area contributed by atoms with Crippen LogP contribution in [0.4, 0.5) is 0 Å². The summed E-state index contributed by atoms with van der Waals surface area (Å²) in [5, 5.41) is 0. The molecule has 0 aliphatic carbocycles. The van der Waals surface area contributed by atoms with Crippen LogP contribution in [0, 0.1) is 13.8 Å². The molecule has 2 aromatic carbocycles. The molecule has 0 spiro atoms. The van der Waals surface area contributed by atoms with Crippen molar-refractivity contribution in [3.8, 4) is 0 Å². The number of ether oxygens (including phenoxy) is 3. The van der Waals surface area contributed by atoms with Crippen molar-refractivity contribution in [2.24, 2.45) is 5.73 Å². The van der Waals surface area contributed by atoms with E-state index in [2.05, 4.69) is 50.4 Å². The summed E-state index contributed by atoms with van der Waals surface area (Å²) in [6.45, 7) is 11.8. The largest absolute Gasteiger partial charge is 0.457 e. The number of nitrogens with two attached hydrogens (primary N) is 1. The van der Waals surface area contributed by atoms with E-state index in [0.29, 0.717) is 6.61 Å². The number of hydrogen-bond acceptors (Lipinski definition) is 6. The Morgan fingerprint density at radius 2 is 1.42 bits per heavy atom. The highest BCUT2D eigenvalue weighted by atomic mass is 16.6. The highest BCUT2D eigenvalue weighted by Crippen LogP contribution is 1.97. The molecule has 0 amide bonds. The Bertz CT molecular complexity index is 686. The van der Waals surface area contributed by atoms with Crippen LogP contribution in [0.5, 0.6) is 0 Å². The molecular formula is C26H41N2O5+. The average molecular weight is 462 g/mol. The summed E-state index contributed by atoms with van der Waals surface area (Å²) in [6.07, 6.45) is 0.894. The lowest BCUT2D eigenvalue weighted by Crippen LogP contribution is -2.54. The summed E-state index contributed by atoms with van der Waals surface area (Å²) in [5.74, 6) is -1.05. The number of carbonyl (C=O) groups is 2. The summed E-state index contributed by atoms with van der Waals surface area (Å²) < 4.78 is 14.8. The normalized spacial score (nSPS) is 9.88. The quantitative estimate of drug-likeness (QED) is 0.337. The average Bonchev–Trinajstić information content (AvgIpc) is 2.85. The van der Waals surface area contributed by atoms with Crippen LogP contribution >= 0.6 is 0 Å². The number of benzene rings is 2. The fourth-order valence-electron chi connectivity index (χ4n) is 1.96. The molecule has 0 saturated heterocycles. The van der Waals surface area contributed by atoms with Gasteiger partial charge in [-0.3, -0.25) is 4.79 Å². The van der Waals surface area contributed by atoms with E-state index in [1.54, 1.807) is 6.08 Å². The smallest absolute Gasteiger partial charge is 0.361 e. The fourth-order valence-corrected chi connectivity index (χ4v) is 1.96. The predicted octanol–water partition coefficient (Wildman–Crippen LogP) is 2.86. The van der Waals surface area contributed by atoms with Crippen LogP contribution in [0.2, 0.25) is 0 Å². The van der Waals surface area contributed by atoms with Gasteiger partial charge in [0.1, 0.15) is 6.61 Å². The van der Waals surface area contributed by atoms with Gasteiger partial charge in [-0.05, 0) is 13.8 Å². The van der Waals surface area contributed by atoms with Crippen molar-refractivity contribution >= 4 is 11.9 Å². The minimum Gasteiger partial charge on any atom is -0.457 e. The Kier molecular flexibility index (Phi) is 23.1. The Morgan fingerprint density at radius 1 is 0.939 bits per heavy atom. The molecule has 2 rings (SSSR count). The first kappa shape index (κ1) is 32.2. The zero-order chi connectivity index (χ0) is 25.3. The number of carbonyl (C=O) groups excluding carboxylic acids is 2. The minimum absolute atomic E-state index is 0.0189. The van der Waals surface area contributed by atoms with Crippen LogP contribution in [0.3, 0.4) is 0 Å². The van der Waals surface area contributed by atoms with Gasteiger partial charge in [0.2, 0.25) is 0 Å². The van der Waals surface area contributed by atoms with Gasteiger partial charge < -0.3 is 25.7 Å². The molecule has 33 heavy (non-hydrogen) atoms. The van der Waals surface area contributed by atoms with Gasteiger partial charge in [0.05, 0.1) is 19.8 Å². The van der Waals surface area contributed by atoms with E-state index in [9.17, 15) is 9.59 Å². The number of rotatable bonds is 9. The van der Waals surface area contributed by atoms with E-state index in [1.807, 2.05) is 50.2 Å². The Labute approximate surface area is 198 Å². The maximum atomic E-state index is 11.0. The van der Waals surface area contributed by atoms with E-state index in [1.165, 1.54) is 11.1 Å². The Hall–Kier alpha value is -3.00. The second kappa shape index (κ2) is 23.7. The SMILES string of the molecule is C=CCOCC(COC(=O)C[NH3+])OC(=O)CN.CC.Cc1ccccc1.Cc1ccccc1. The molecule has 7 heteroatoms. The number of esters is 2. The van der Waals surface area contributed by atoms with Crippen molar-refractivity contribution < 1.29 is 29.5 Å². The zero-order valence-electron chi connectivity index (χ0n) is 20.5. The number of aryl methyl sites for hydroxylation is 2. The molecule has 0 radical (unpaired) electrons. The first-order valence-electron chi connectivity index (χ1n) is 11.0. The van der Waals surface area contributed by atoms with Crippen LogP contribution < -0.4 is 11.5 Å². The molecule has 7 nitrogen and oxygen atoms in total. The molecule has 2 aromatic rings. The monoisotopic (exact) mass is 461 g/mol. The molecule has 0 bridgehead atoms. The first-order valence-corrected chi connectivity index (χ1v) is 11.0. The molecular weight excluding hydrogens is 420 g/mol. The molecule has 1 unspecified atom stereocenters. The highest BCUT2D eigenvalue weighted by Gasteiger charge is 2.16. The van der Waals surface area contributed by atoms with Gasteiger partial charge >= 0.3 is 11.9 Å². The first-order chi connectivity index (χ1) is 15.9. The van der Waals surface area contributed by atoms with E-state index < -0.39 is 18.0 Å². The molecule has 5 N–H and O–H groups in total. The maximum absolute atomic E-state index is 11.0. The van der Waals surface area contributed by atoms with Crippen LogP contribution in [-0.2, 0) is 23.8 Å². The lowest BCUT2D eigenvalue weighted by molar-refractivity contribution is -0.360. The number of hydrogen-bond donors (Lipinski definition) is 2. The summed E-state index contributed by atoms with van der Waals surface area (Å²) in [5.41, 5.74) is 11.1. The van der Waals surface area contributed by atoms with Gasteiger partial charge in [-0.2, -0.15) is 0 Å². The van der Waals surface area contributed by atoms with Crippen LogP contribution in [0.1, 0.15) is 25.0 Å². The summed E-state index contributed by atoms with van der Waals surface area (Å²) in [7, 11) is 0. The van der Waals surface area contributed by atoms with Crippen molar-refractivity contribution in [1.29, 1.82) is 0 Å². The number of quaternary nitrogens is 1. The molecule has 0 heterocycles. The summed E-state index contributed by atoms with van der Waals surface area (Å²) >= 11 is 0. The van der Waals surface area contributed by atoms with Crippen molar-refractivity contribution in [2.75, 3.05) is 32.9 Å². The Morgan fingerprint density at radius 3 is 1.76 bits per heavy atom. The summed E-state index contributed by atoms with van der Waals surface area (Å²) in [4.78, 5) is 21.9. The topological polar surface area (TPSA) is 115 Å². The lowest BCUT2D eigenvalue weighted by Gasteiger charge is -2.16. The Balaban J connectivity index is 0. The molecule has 184 valence electrons. The van der Waals surface area contributed by atoms with Gasteiger partial charge in [0.25, 0.3) is 0 Å². The van der Waals surface area contributed by atoms with E-state index in [-0.39, 0.29) is 26.3 Å². The van der Waals surface area contributed by atoms with Crippen LogP contribution in [0.15, 0.2) is 73.3 Å². The molecule has 0 saturated carbocycles. The van der Waals surface area contributed by atoms with Gasteiger partial charge in [-0.15, -0.1) is 6.58 Å². The van der Waals surface area contributed by atoms with E-state index >= 15 is 0 Å². The third-order valence-electron chi connectivity index (χ3n) is 3.52. The van der Waals surface area contributed by atoms with Gasteiger partial charge in [-0.1, -0.05) is 91.7 Å².